The van der Waals surface area contributed by atoms with Gasteiger partial charge in [0.2, 0.25) is 0 Å². The maximum atomic E-state index is 9.10. The lowest BCUT2D eigenvalue weighted by atomic mass is 10.0. The summed E-state index contributed by atoms with van der Waals surface area (Å²) in [6.07, 6.45) is 6.01. The van der Waals surface area contributed by atoms with Crippen LogP contribution in [0.15, 0.2) is 22.1 Å². The van der Waals surface area contributed by atoms with E-state index in [1.807, 2.05) is 7.05 Å². The van der Waals surface area contributed by atoms with Crippen LogP contribution in [0.2, 0.25) is 0 Å². The average Bonchev–Trinajstić information content (AvgIpc) is 2.89. The Bertz CT molecular complexity index is 359. The molecule has 1 heterocycles. The van der Waals surface area contributed by atoms with Crippen molar-refractivity contribution >= 4 is 11.8 Å². The molecule has 80 valence electrons. The van der Waals surface area contributed by atoms with Gasteiger partial charge in [-0.15, -0.1) is 0 Å². The van der Waals surface area contributed by atoms with Crippen molar-refractivity contribution in [3.05, 3.63) is 12.5 Å². The summed E-state index contributed by atoms with van der Waals surface area (Å²) >= 11 is 1.62. The molecule has 4 nitrogen and oxygen atoms in total. The summed E-state index contributed by atoms with van der Waals surface area (Å²) in [5.74, 6) is 0. The van der Waals surface area contributed by atoms with Crippen LogP contribution in [0.1, 0.15) is 19.3 Å². The number of aromatic nitrogens is 1. The van der Waals surface area contributed by atoms with Crippen LogP contribution in [-0.4, -0.2) is 22.8 Å². The van der Waals surface area contributed by atoms with Gasteiger partial charge < -0.3 is 9.73 Å². The van der Waals surface area contributed by atoms with Gasteiger partial charge in [-0.05, 0) is 26.3 Å². The molecule has 1 aliphatic carbocycles. The van der Waals surface area contributed by atoms with Gasteiger partial charge >= 0.3 is 0 Å². The van der Waals surface area contributed by atoms with Gasteiger partial charge in [0.1, 0.15) is 11.8 Å². The van der Waals surface area contributed by atoms with Crippen molar-refractivity contribution in [3.8, 4) is 6.07 Å². The van der Waals surface area contributed by atoms with Crippen LogP contribution in [0.4, 0.5) is 0 Å². The first-order valence-corrected chi connectivity index (χ1v) is 5.82. The number of thioether (sulfide) groups is 1. The molecule has 0 radical (unpaired) electrons. The third kappa shape index (κ3) is 2.16. The van der Waals surface area contributed by atoms with Crippen LogP contribution in [0.25, 0.3) is 0 Å². The highest BCUT2D eigenvalue weighted by molar-refractivity contribution is 7.99. The first-order chi connectivity index (χ1) is 7.28. The number of hydrogen-bond acceptors (Lipinski definition) is 5. The Morgan fingerprint density at radius 2 is 2.67 bits per heavy atom. The SMILES string of the molecule is CNC1(C#N)CCC(Sc2ncco2)C1. The van der Waals surface area contributed by atoms with Crippen molar-refractivity contribution in [1.82, 2.24) is 10.3 Å². The van der Waals surface area contributed by atoms with Gasteiger partial charge in [-0.1, -0.05) is 11.8 Å². The summed E-state index contributed by atoms with van der Waals surface area (Å²) in [5, 5.41) is 13.3. The van der Waals surface area contributed by atoms with Crippen LogP contribution in [-0.2, 0) is 0 Å². The predicted molar refractivity (Wildman–Crippen MR) is 57.4 cm³/mol. The Balaban J connectivity index is 1.96. The molecule has 1 saturated carbocycles. The molecule has 0 spiro atoms. The van der Waals surface area contributed by atoms with E-state index in [2.05, 4.69) is 16.4 Å². The molecular weight excluding hydrogens is 210 g/mol. The van der Waals surface area contributed by atoms with E-state index in [4.69, 9.17) is 9.68 Å². The maximum absolute atomic E-state index is 9.10. The van der Waals surface area contributed by atoms with E-state index in [9.17, 15) is 0 Å². The topological polar surface area (TPSA) is 61.9 Å². The molecule has 0 aliphatic heterocycles. The zero-order chi connectivity index (χ0) is 10.7. The highest BCUT2D eigenvalue weighted by Gasteiger charge is 2.39. The van der Waals surface area contributed by atoms with Gasteiger partial charge in [-0.2, -0.15) is 5.26 Å². The third-order valence-corrected chi connectivity index (χ3v) is 3.98. The van der Waals surface area contributed by atoms with Crippen LogP contribution in [0.3, 0.4) is 0 Å². The lowest BCUT2D eigenvalue weighted by Crippen LogP contribution is -2.38. The second-order valence-electron chi connectivity index (χ2n) is 3.72. The molecule has 15 heavy (non-hydrogen) atoms. The third-order valence-electron chi connectivity index (χ3n) is 2.84. The van der Waals surface area contributed by atoms with E-state index in [1.54, 1.807) is 24.2 Å². The first-order valence-electron chi connectivity index (χ1n) is 4.94. The molecule has 0 saturated heterocycles. The molecule has 2 unspecified atom stereocenters. The van der Waals surface area contributed by atoms with Crippen molar-refractivity contribution in [2.75, 3.05) is 7.05 Å². The minimum Gasteiger partial charge on any atom is -0.440 e. The molecule has 1 aliphatic rings. The summed E-state index contributed by atoms with van der Waals surface area (Å²) in [6, 6.07) is 2.36. The lowest BCUT2D eigenvalue weighted by Gasteiger charge is -2.19. The largest absolute Gasteiger partial charge is 0.440 e. The minimum atomic E-state index is -0.343. The van der Waals surface area contributed by atoms with Crippen LogP contribution in [0, 0.1) is 11.3 Å². The highest BCUT2D eigenvalue weighted by Crippen LogP contribution is 2.39. The molecule has 2 rings (SSSR count). The van der Waals surface area contributed by atoms with Crippen LogP contribution >= 0.6 is 11.8 Å². The smallest absolute Gasteiger partial charge is 0.255 e. The van der Waals surface area contributed by atoms with Crippen molar-refractivity contribution in [2.24, 2.45) is 0 Å². The predicted octanol–water partition coefficient (Wildman–Crippen LogP) is 1.80. The van der Waals surface area contributed by atoms with E-state index in [-0.39, 0.29) is 5.54 Å². The fourth-order valence-corrected chi connectivity index (χ4v) is 3.02. The Morgan fingerprint density at radius 1 is 1.80 bits per heavy atom. The van der Waals surface area contributed by atoms with Crippen LogP contribution < -0.4 is 5.32 Å². The lowest BCUT2D eigenvalue weighted by molar-refractivity contribution is 0.450. The second-order valence-corrected chi connectivity index (χ2v) is 4.98. The Morgan fingerprint density at radius 3 is 3.20 bits per heavy atom. The number of nitrogens with one attached hydrogen (secondary N) is 1. The molecule has 0 amide bonds. The number of nitrogens with zero attached hydrogens (tertiary/aromatic N) is 2. The van der Waals surface area contributed by atoms with E-state index in [0.717, 1.165) is 19.3 Å². The second kappa shape index (κ2) is 4.25. The molecule has 0 bridgehead atoms. The summed E-state index contributed by atoms with van der Waals surface area (Å²) < 4.78 is 5.18. The Labute approximate surface area is 93.1 Å². The summed E-state index contributed by atoms with van der Waals surface area (Å²) in [4.78, 5) is 4.07. The van der Waals surface area contributed by atoms with Crippen molar-refractivity contribution in [1.29, 1.82) is 5.26 Å². The molecule has 5 heteroatoms. The zero-order valence-corrected chi connectivity index (χ0v) is 9.38. The number of oxazole rings is 1. The van der Waals surface area contributed by atoms with Gasteiger partial charge in [-0.3, -0.25) is 0 Å². The fraction of sp³-hybridized carbons (Fsp3) is 0.600. The Kier molecular flexibility index (Phi) is 2.98. The molecular formula is C10H13N3OS. The van der Waals surface area contributed by atoms with Gasteiger partial charge in [0.25, 0.3) is 5.22 Å². The van der Waals surface area contributed by atoms with E-state index in [0.29, 0.717) is 10.5 Å². The zero-order valence-electron chi connectivity index (χ0n) is 8.56. The first kappa shape index (κ1) is 10.5. The quantitative estimate of drug-likeness (QED) is 0.846. The summed E-state index contributed by atoms with van der Waals surface area (Å²) in [6.45, 7) is 0. The maximum Gasteiger partial charge on any atom is 0.255 e. The monoisotopic (exact) mass is 223 g/mol. The van der Waals surface area contributed by atoms with Crippen molar-refractivity contribution in [2.45, 2.75) is 35.3 Å². The molecule has 2 atom stereocenters. The molecule has 1 aromatic rings. The van der Waals surface area contributed by atoms with Gasteiger partial charge in [0, 0.05) is 5.25 Å². The molecule has 1 fully saturated rings. The average molecular weight is 223 g/mol. The van der Waals surface area contributed by atoms with E-state index in [1.165, 1.54) is 0 Å². The van der Waals surface area contributed by atoms with E-state index < -0.39 is 0 Å². The fourth-order valence-electron chi connectivity index (χ4n) is 1.90. The number of hydrogen-bond donors (Lipinski definition) is 1. The standard InChI is InChI=1S/C10H13N3OS/c1-12-10(7-11)3-2-8(6-10)15-9-13-4-5-14-9/h4-5,8,12H,2-3,6H2,1H3. The number of rotatable bonds is 3. The summed E-state index contributed by atoms with van der Waals surface area (Å²) in [5.41, 5.74) is -0.343. The van der Waals surface area contributed by atoms with Gasteiger partial charge in [0.15, 0.2) is 0 Å². The van der Waals surface area contributed by atoms with Crippen molar-refractivity contribution < 1.29 is 4.42 Å². The number of nitriles is 1. The molecule has 0 aromatic carbocycles. The van der Waals surface area contributed by atoms with Gasteiger partial charge in [-0.25, -0.2) is 4.98 Å². The molecule has 1 aromatic heterocycles. The van der Waals surface area contributed by atoms with Crippen molar-refractivity contribution in [3.63, 3.8) is 0 Å². The minimum absolute atomic E-state index is 0.343. The highest BCUT2D eigenvalue weighted by atomic mass is 32.2. The Hall–Kier alpha value is -0.990. The van der Waals surface area contributed by atoms with E-state index >= 15 is 0 Å². The van der Waals surface area contributed by atoms with Gasteiger partial charge in [0.05, 0.1) is 12.3 Å². The normalized spacial score (nSPS) is 30.3. The molecule has 1 N–H and O–H groups in total. The van der Waals surface area contributed by atoms with Crippen LogP contribution in [0.5, 0.6) is 0 Å². The summed E-state index contributed by atoms with van der Waals surface area (Å²) in [7, 11) is 1.85.